The van der Waals surface area contributed by atoms with Gasteiger partial charge < -0.3 is 15.4 Å². The number of nitrogens with two attached hydrogens (primary N) is 1. The van der Waals surface area contributed by atoms with Gasteiger partial charge in [-0.1, -0.05) is 24.3 Å². The number of aryl methyl sites for hydroxylation is 1. The van der Waals surface area contributed by atoms with E-state index < -0.39 is 0 Å². The first kappa shape index (κ1) is 16.0. The molecule has 0 heterocycles. The van der Waals surface area contributed by atoms with Gasteiger partial charge in [0.05, 0.1) is 0 Å². The number of likely N-dealkylation sites (N-methyl/N-ethyl adjacent to an activating group) is 1. The zero-order valence-corrected chi connectivity index (χ0v) is 14.1. The van der Waals surface area contributed by atoms with E-state index in [1.807, 2.05) is 26.2 Å². The van der Waals surface area contributed by atoms with Crippen LogP contribution in [0, 0.1) is 0 Å². The fraction of sp³-hybridized carbons (Fsp3) is 0.400. The van der Waals surface area contributed by atoms with Gasteiger partial charge in [0.25, 0.3) is 0 Å². The smallest absolute Gasteiger partial charge is 0.119 e. The molecule has 2 aromatic rings. The van der Waals surface area contributed by atoms with Gasteiger partial charge in [0.15, 0.2) is 0 Å². The van der Waals surface area contributed by atoms with Crippen LogP contribution in [0.4, 0.5) is 0 Å². The summed E-state index contributed by atoms with van der Waals surface area (Å²) in [5, 5.41) is 0. The van der Waals surface area contributed by atoms with Gasteiger partial charge in [-0.15, -0.1) is 0 Å². The van der Waals surface area contributed by atoms with E-state index >= 15 is 0 Å². The number of benzene rings is 2. The van der Waals surface area contributed by atoms with E-state index in [0.29, 0.717) is 6.61 Å². The number of fused-ring (bicyclic) bond motifs is 1. The van der Waals surface area contributed by atoms with Crippen molar-refractivity contribution in [3.63, 3.8) is 0 Å². The molecule has 1 atom stereocenters. The molecule has 1 aliphatic carbocycles. The average molecular weight is 310 g/mol. The molecule has 1 aliphatic rings. The lowest BCUT2D eigenvalue weighted by atomic mass is 9.86. The number of hydrogen-bond donors (Lipinski definition) is 1. The highest BCUT2D eigenvalue weighted by Crippen LogP contribution is 2.32. The van der Waals surface area contributed by atoms with Crippen LogP contribution in [0.25, 0.3) is 11.1 Å². The molecule has 0 radical (unpaired) electrons. The van der Waals surface area contributed by atoms with Crippen LogP contribution in [0.15, 0.2) is 42.5 Å². The SMILES string of the molecule is CN(C)CCOc1ccc(-c2ccc3c(c2)C(N)CCC3)cc1. The summed E-state index contributed by atoms with van der Waals surface area (Å²) in [6.07, 6.45) is 3.45. The van der Waals surface area contributed by atoms with Crippen molar-refractivity contribution in [1.29, 1.82) is 0 Å². The molecule has 2 aromatic carbocycles. The van der Waals surface area contributed by atoms with E-state index in [-0.39, 0.29) is 6.04 Å². The quantitative estimate of drug-likeness (QED) is 0.916. The Morgan fingerprint density at radius 3 is 2.57 bits per heavy atom. The van der Waals surface area contributed by atoms with E-state index in [4.69, 9.17) is 10.5 Å². The predicted molar refractivity (Wildman–Crippen MR) is 95.8 cm³/mol. The minimum Gasteiger partial charge on any atom is -0.492 e. The van der Waals surface area contributed by atoms with Crippen molar-refractivity contribution >= 4 is 0 Å². The van der Waals surface area contributed by atoms with Crippen LogP contribution < -0.4 is 10.5 Å². The monoisotopic (exact) mass is 310 g/mol. The molecule has 0 aliphatic heterocycles. The van der Waals surface area contributed by atoms with Gasteiger partial charge in [0.2, 0.25) is 0 Å². The molecule has 122 valence electrons. The summed E-state index contributed by atoms with van der Waals surface area (Å²) in [5.74, 6) is 0.922. The number of nitrogens with zero attached hydrogens (tertiary/aromatic N) is 1. The van der Waals surface area contributed by atoms with Crippen LogP contribution in [0.5, 0.6) is 5.75 Å². The van der Waals surface area contributed by atoms with Crippen LogP contribution >= 0.6 is 0 Å². The molecule has 23 heavy (non-hydrogen) atoms. The van der Waals surface area contributed by atoms with Crippen LogP contribution in [-0.2, 0) is 6.42 Å². The Balaban J connectivity index is 1.73. The van der Waals surface area contributed by atoms with E-state index in [1.54, 1.807) is 0 Å². The predicted octanol–water partition coefficient (Wildman–Crippen LogP) is 3.63. The Hall–Kier alpha value is -1.84. The lowest BCUT2D eigenvalue weighted by molar-refractivity contribution is 0.261. The normalized spacial score (nSPS) is 17.1. The second-order valence-electron chi connectivity index (χ2n) is 6.59. The molecular formula is C20H26N2O. The Kier molecular flexibility index (Phi) is 4.99. The zero-order chi connectivity index (χ0) is 16.2. The highest BCUT2D eigenvalue weighted by molar-refractivity contribution is 5.66. The molecule has 0 aromatic heterocycles. The molecule has 0 spiro atoms. The molecule has 3 rings (SSSR count). The topological polar surface area (TPSA) is 38.5 Å². The number of hydrogen-bond acceptors (Lipinski definition) is 3. The van der Waals surface area contributed by atoms with Crippen molar-refractivity contribution in [1.82, 2.24) is 4.90 Å². The lowest BCUT2D eigenvalue weighted by Gasteiger charge is -2.23. The molecule has 0 saturated carbocycles. The molecule has 3 nitrogen and oxygen atoms in total. The lowest BCUT2D eigenvalue weighted by Crippen LogP contribution is -2.19. The van der Waals surface area contributed by atoms with Crippen molar-refractivity contribution in [2.75, 3.05) is 27.2 Å². The van der Waals surface area contributed by atoms with Crippen molar-refractivity contribution in [2.24, 2.45) is 5.73 Å². The van der Waals surface area contributed by atoms with E-state index in [0.717, 1.165) is 25.1 Å². The van der Waals surface area contributed by atoms with Gasteiger partial charge in [-0.3, -0.25) is 0 Å². The first-order chi connectivity index (χ1) is 11.1. The van der Waals surface area contributed by atoms with Crippen LogP contribution in [0.2, 0.25) is 0 Å². The van der Waals surface area contributed by atoms with Crippen LogP contribution in [0.1, 0.15) is 30.0 Å². The summed E-state index contributed by atoms with van der Waals surface area (Å²) in [7, 11) is 4.10. The molecule has 0 bridgehead atoms. The second kappa shape index (κ2) is 7.16. The number of rotatable bonds is 5. The average Bonchev–Trinajstić information content (AvgIpc) is 2.55. The zero-order valence-electron chi connectivity index (χ0n) is 14.1. The minimum absolute atomic E-state index is 0.187. The van der Waals surface area contributed by atoms with Crippen molar-refractivity contribution in [2.45, 2.75) is 25.3 Å². The molecule has 3 heteroatoms. The third-order valence-electron chi connectivity index (χ3n) is 4.50. The van der Waals surface area contributed by atoms with Gasteiger partial charge in [-0.25, -0.2) is 0 Å². The molecular weight excluding hydrogens is 284 g/mol. The van der Waals surface area contributed by atoms with E-state index in [2.05, 4.69) is 35.2 Å². The molecule has 1 unspecified atom stereocenters. The van der Waals surface area contributed by atoms with E-state index in [1.165, 1.54) is 28.7 Å². The van der Waals surface area contributed by atoms with Gasteiger partial charge >= 0.3 is 0 Å². The van der Waals surface area contributed by atoms with Gasteiger partial charge in [0, 0.05) is 12.6 Å². The highest BCUT2D eigenvalue weighted by atomic mass is 16.5. The Bertz CT molecular complexity index is 649. The third-order valence-corrected chi connectivity index (χ3v) is 4.50. The fourth-order valence-electron chi connectivity index (χ4n) is 3.10. The van der Waals surface area contributed by atoms with Crippen molar-refractivity contribution < 1.29 is 4.74 Å². The molecule has 0 fully saturated rings. The summed E-state index contributed by atoms with van der Waals surface area (Å²) in [5.41, 5.74) is 11.5. The number of ether oxygens (including phenoxy) is 1. The van der Waals surface area contributed by atoms with Crippen LogP contribution in [0.3, 0.4) is 0 Å². The molecule has 0 saturated heterocycles. The van der Waals surface area contributed by atoms with Gasteiger partial charge in [-0.2, -0.15) is 0 Å². The van der Waals surface area contributed by atoms with Crippen molar-refractivity contribution in [3.8, 4) is 16.9 Å². The van der Waals surface area contributed by atoms with Crippen LogP contribution in [-0.4, -0.2) is 32.1 Å². The fourth-order valence-corrected chi connectivity index (χ4v) is 3.10. The van der Waals surface area contributed by atoms with E-state index in [9.17, 15) is 0 Å². The summed E-state index contributed by atoms with van der Waals surface area (Å²) in [4.78, 5) is 2.12. The first-order valence-corrected chi connectivity index (χ1v) is 8.40. The molecule has 0 amide bonds. The maximum Gasteiger partial charge on any atom is 0.119 e. The summed E-state index contributed by atoms with van der Waals surface area (Å²) in [6, 6.07) is 15.2. The largest absolute Gasteiger partial charge is 0.492 e. The first-order valence-electron chi connectivity index (χ1n) is 8.40. The summed E-state index contributed by atoms with van der Waals surface area (Å²) < 4.78 is 5.75. The second-order valence-corrected chi connectivity index (χ2v) is 6.59. The Morgan fingerprint density at radius 1 is 1.09 bits per heavy atom. The Morgan fingerprint density at radius 2 is 1.83 bits per heavy atom. The highest BCUT2D eigenvalue weighted by Gasteiger charge is 2.17. The summed E-state index contributed by atoms with van der Waals surface area (Å²) >= 11 is 0. The van der Waals surface area contributed by atoms with Gasteiger partial charge in [0.1, 0.15) is 12.4 Å². The standard InChI is InChI=1S/C20H26N2O/c1-22(2)12-13-23-18-10-8-15(9-11-18)17-7-6-16-4-3-5-20(21)19(16)14-17/h6-11,14,20H,3-5,12-13,21H2,1-2H3. The van der Waals surface area contributed by atoms with Gasteiger partial charge in [-0.05, 0) is 73.8 Å². The summed E-state index contributed by atoms with van der Waals surface area (Å²) in [6.45, 7) is 1.63. The van der Waals surface area contributed by atoms with Crippen molar-refractivity contribution in [3.05, 3.63) is 53.6 Å². The molecule has 2 N–H and O–H groups in total. The Labute approximate surface area is 139 Å². The maximum atomic E-state index is 6.27. The third kappa shape index (κ3) is 3.92. The minimum atomic E-state index is 0.187. The maximum absolute atomic E-state index is 6.27.